The molecule has 0 aromatic heterocycles. The Bertz CT molecular complexity index is 764. The number of rotatable bonds is 4. The number of hydrogen-bond donors (Lipinski definition) is 0. The Labute approximate surface area is 134 Å². The van der Waals surface area contributed by atoms with Crippen molar-refractivity contribution in [2.24, 2.45) is 5.92 Å². The second-order valence-electron chi connectivity index (χ2n) is 5.68. The van der Waals surface area contributed by atoms with E-state index in [1.54, 1.807) is 24.3 Å². The smallest absolute Gasteiger partial charge is 0.322 e. The average Bonchev–Trinajstić information content (AvgIpc) is 2.54. The highest BCUT2D eigenvalue weighted by atomic mass is 16.5. The summed E-state index contributed by atoms with van der Waals surface area (Å²) in [7, 11) is 0. The van der Waals surface area contributed by atoms with Crippen LogP contribution in [0.25, 0.3) is 0 Å². The summed E-state index contributed by atoms with van der Waals surface area (Å²) in [4.78, 5) is 36.9. The predicted octanol–water partition coefficient (Wildman–Crippen LogP) is 3.17. The molecule has 0 amide bonds. The van der Waals surface area contributed by atoms with Crippen molar-refractivity contribution < 1.29 is 19.1 Å². The number of ketones is 2. The van der Waals surface area contributed by atoms with Gasteiger partial charge < -0.3 is 9.53 Å². The van der Waals surface area contributed by atoms with Crippen molar-refractivity contribution in [2.75, 3.05) is 0 Å². The lowest BCUT2D eigenvalue weighted by atomic mass is 9.77. The average molecular weight is 308 g/mol. The number of hydrogen-bond acceptors (Lipinski definition) is 4. The third kappa shape index (κ3) is 2.93. The Morgan fingerprint density at radius 2 is 1.70 bits per heavy atom. The molecule has 4 heteroatoms. The second-order valence-corrected chi connectivity index (χ2v) is 5.68. The Kier molecular flexibility index (Phi) is 4.06. The SMILES string of the molecule is CC(=O)CC(c1ccccc1)C1C(=O)Oc2ccccc2C1=O. The van der Waals surface area contributed by atoms with Crippen LogP contribution in [0.3, 0.4) is 0 Å². The zero-order chi connectivity index (χ0) is 16.4. The quantitative estimate of drug-likeness (QED) is 0.494. The third-order valence-corrected chi connectivity index (χ3v) is 4.04. The van der Waals surface area contributed by atoms with Crippen LogP contribution in [-0.4, -0.2) is 17.5 Å². The van der Waals surface area contributed by atoms with Gasteiger partial charge in [-0.1, -0.05) is 42.5 Å². The normalized spacial score (nSPS) is 18.0. The van der Waals surface area contributed by atoms with Crippen LogP contribution in [0.2, 0.25) is 0 Å². The first-order valence-electron chi connectivity index (χ1n) is 7.47. The van der Waals surface area contributed by atoms with Gasteiger partial charge in [0.15, 0.2) is 5.78 Å². The molecule has 3 rings (SSSR count). The van der Waals surface area contributed by atoms with Crippen molar-refractivity contribution in [1.82, 2.24) is 0 Å². The molecule has 23 heavy (non-hydrogen) atoms. The van der Waals surface area contributed by atoms with Crippen molar-refractivity contribution in [2.45, 2.75) is 19.3 Å². The molecule has 1 aliphatic rings. The lowest BCUT2D eigenvalue weighted by Gasteiger charge is -2.28. The molecule has 2 atom stereocenters. The molecular formula is C19H16O4. The molecule has 2 aromatic rings. The summed E-state index contributed by atoms with van der Waals surface area (Å²) in [5.41, 5.74) is 1.18. The fourth-order valence-electron chi connectivity index (χ4n) is 2.99. The van der Waals surface area contributed by atoms with Crippen molar-refractivity contribution in [3.05, 3.63) is 65.7 Å². The number of Topliss-reactive ketones (excluding diaryl/α,β-unsaturated/α-hetero) is 2. The van der Waals surface area contributed by atoms with E-state index in [1.807, 2.05) is 30.3 Å². The van der Waals surface area contributed by atoms with Gasteiger partial charge in [0, 0.05) is 12.3 Å². The highest BCUT2D eigenvalue weighted by Gasteiger charge is 2.42. The Morgan fingerprint density at radius 1 is 1.04 bits per heavy atom. The van der Waals surface area contributed by atoms with Crippen LogP contribution in [0.4, 0.5) is 0 Å². The van der Waals surface area contributed by atoms with E-state index < -0.39 is 17.8 Å². The molecule has 0 fully saturated rings. The molecule has 0 radical (unpaired) electrons. The highest BCUT2D eigenvalue weighted by Crippen LogP contribution is 2.37. The maximum absolute atomic E-state index is 12.8. The molecule has 0 saturated heterocycles. The van der Waals surface area contributed by atoms with E-state index in [1.165, 1.54) is 6.92 Å². The van der Waals surface area contributed by atoms with Crippen LogP contribution in [0.15, 0.2) is 54.6 Å². The van der Waals surface area contributed by atoms with Gasteiger partial charge in [0.25, 0.3) is 0 Å². The summed E-state index contributed by atoms with van der Waals surface area (Å²) in [6.07, 6.45) is 0.123. The number of esters is 1. The van der Waals surface area contributed by atoms with Gasteiger partial charge in [0.2, 0.25) is 0 Å². The largest absolute Gasteiger partial charge is 0.425 e. The molecule has 116 valence electrons. The van der Waals surface area contributed by atoms with Crippen LogP contribution >= 0.6 is 0 Å². The minimum atomic E-state index is -0.990. The first kappa shape index (κ1) is 15.2. The molecule has 0 saturated carbocycles. The van der Waals surface area contributed by atoms with Crippen molar-refractivity contribution in [3.63, 3.8) is 0 Å². The van der Waals surface area contributed by atoms with Gasteiger partial charge in [0.05, 0.1) is 5.56 Å². The van der Waals surface area contributed by atoms with Crippen LogP contribution in [0.5, 0.6) is 5.75 Å². The van der Waals surface area contributed by atoms with Gasteiger partial charge in [0.1, 0.15) is 17.5 Å². The fourth-order valence-corrected chi connectivity index (χ4v) is 2.99. The van der Waals surface area contributed by atoms with E-state index in [-0.39, 0.29) is 23.7 Å². The first-order valence-corrected chi connectivity index (χ1v) is 7.47. The van der Waals surface area contributed by atoms with Crippen molar-refractivity contribution in [3.8, 4) is 5.75 Å². The standard InChI is InChI=1S/C19H16O4/c1-12(20)11-15(13-7-3-2-4-8-13)17-18(21)14-9-5-6-10-16(14)23-19(17)22/h2-10,15,17H,11H2,1H3. The van der Waals surface area contributed by atoms with Gasteiger partial charge in [-0.2, -0.15) is 0 Å². The van der Waals surface area contributed by atoms with E-state index in [2.05, 4.69) is 0 Å². The molecule has 4 nitrogen and oxygen atoms in total. The molecule has 1 aliphatic heterocycles. The number of fused-ring (bicyclic) bond motifs is 1. The van der Waals surface area contributed by atoms with E-state index in [0.717, 1.165) is 5.56 Å². The lowest BCUT2D eigenvalue weighted by molar-refractivity contribution is -0.138. The van der Waals surface area contributed by atoms with Crippen molar-refractivity contribution in [1.29, 1.82) is 0 Å². The number of carbonyl (C=O) groups is 3. The predicted molar refractivity (Wildman–Crippen MR) is 84.4 cm³/mol. The van der Waals surface area contributed by atoms with Gasteiger partial charge in [-0.15, -0.1) is 0 Å². The monoisotopic (exact) mass is 308 g/mol. The summed E-state index contributed by atoms with van der Waals surface area (Å²) in [6.45, 7) is 1.46. The zero-order valence-corrected chi connectivity index (χ0v) is 12.7. The van der Waals surface area contributed by atoms with E-state index in [4.69, 9.17) is 4.74 Å². The summed E-state index contributed by atoms with van der Waals surface area (Å²) in [5, 5.41) is 0. The summed E-state index contributed by atoms with van der Waals surface area (Å²) in [5.74, 6) is -2.17. The molecule has 1 heterocycles. The topological polar surface area (TPSA) is 60.4 Å². The fraction of sp³-hybridized carbons (Fsp3) is 0.211. The van der Waals surface area contributed by atoms with Gasteiger partial charge in [-0.3, -0.25) is 9.59 Å². The number of ether oxygens (including phenoxy) is 1. The second kappa shape index (κ2) is 6.16. The molecule has 0 bridgehead atoms. The molecule has 2 unspecified atom stereocenters. The Morgan fingerprint density at radius 3 is 2.39 bits per heavy atom. The Hall–Kier alpha value is -2.75. The van der Waals surface area contributed by atoms with Crippen LogP contribution < -0.4 is 4.74 Å². The molecule has 0 N–H and O–H groups in total. The summed E-state index contributed by atoms with van der Waals surface area (Å²) >= 11 is 0. The minimum Gasteiger partial charge on any atom is -0.425 e. The van der Waals surface area contributed by atoms with Crippen molar-refractivity contribution >= 4 is 17.5 Å². The highest BCUT2D eigenvalue weighted by molar-refractivity contribution is 6.14. The van der Waals surface area contributed by atoms with Gasteiger partial charge in [-0.25, -0.2) is 0 Å². The number of benzene rings is 2. The first-order chi connectivity index (χ1) is 11.1. The zero-order valence-electron chi connectivity index (χ0n) is 12.7. The van der Waals surface area contributed by atoms with E-state index in [9.17, 15) is 14.4 Å². The molecule has 2 aromatic carbocycles. The lowest BCUT2D eigenvalue weighted by Crippen LogP contribution is -2.38. The van der Waals surface area contributed by atoms with E-state index >= 15 is 0 Å². The number of para-hydroxylation sites is 1. The molecule has 0 aliphatic carbocycles. The number of carbonyl (C=O) groups excluding carboxylic acids is 3. The van der Waals surface area contributed by atoms with Crippen LogP contribution in [0.1, 0.15) is 35.2 Å². The van der Waals surface area contributed by atoms with Crippen LogP contribution in [-0.2, 0) is 9.59 Å². The summed E-state index contributed by atoms with van der Waals surface area (Å²) in [6, 6.07) is 15.9. The van der Waals surface area contributed by atoms with Gasteiger partial charge >= 0.3 is 5.97 Å². The third-order valence-electron chi connectivity index (χ3n) is 4.04. The minimum absolute atomic E-state index is 0.0710. The Balaban J connectivity index is 2.04. The van der Waals surface area contributed by atoms with E-state index in [0.29, 0.717) is 5.56 Å². The maximum atomic E-state index is 12.8. The molecule has 0 spiro atoms. The maximum Gasteiger partial charge on any atom is 0.322 e. The molecular weight excluding hydrogens is 292 g/mol. The van der Waals surface area contributed by atoms with Gasteiger partial charge in [-0.05, 0) is 24.6 Å². The van der Waals surface area contributed by atoms with Crippen LogP contribution in [0, 0.1) is 5.92 Å². The summed E-state index contributed by atoms with van der Waals surface area (Å²) < 4.78 is 5.33.